The van der Waals surface area contributed by atoms with Crippen LogP contribution in [0.4, 0.5) is 5.82 Å². The maximum atomic E-state index is 6.18. The molecule has 0 aliphatic heterocycles. The van der Waals surface area contributed by atoms with Crippen LogP contribution in [0.2, 0.25) is 10.2 Å². The van der Waals surface area contributed by atoms with E-state index in [0.717, 1.165) is 17.1 Å². The van der Waals surface area contributed by atoms with E-state index in [1.54, 1.807) is 12.3 Å². The minimum atomic E-state index is 0.0861. The largest absolute Gasteiger partial charge is 0.387 e. The highest BCUT2D eigenvalue weighted by Gasteiger charge is 2.18. The summed E-state index contributed by atoms with van der Waals surface area (Å²) in [4.78, 5) is 14.1. The summed E-state index contributed by atoms with van der Waals surface area (Å²) in [7, 11) is 0. The highest BCUT2D eigenvalue weighted by Crippen LogP contribution is 2.31. The van der Waals surface area contributed by atoms with E-state index in [9.17, 15) is 0 Å². The normalized spacial score (nSPS) is 11.7. The smallest absolute Gasteiger partial charge is 0.176 e. The van der Waals surface area contributed by atoms with Gasteiger partial charge in [0.25, 0.3) is 0 Å². The van der Waals surface area contributed by atoms with E-state index in [2.05, 4.69) is 19.5 Å². The van der Waals surface area contributed by atoms with Crippen molar-refractivity contribution in [2.75, 3.05) is 5.73 Å². The van der Waals surface area contributed by atoms with Crippen LogP contribution in [0.15, 0.2) is 34.2 Å². The first-order valence-corrected chi connectivity index (χ1v) is 8.73. The van der Waals surface area contributed by atoms with Gasteiger partial charge < -0.3 is 10.6 Å². The molecule has 0 bridgehead atoms. The molecule has 2 N–H and O–H groups in total. The molecule has 0 radical (unpaired) electrons. The van der Waals surface area contributed by atoms with Crippen molar-refractivity contribution < 1.29 is 4.84 Å². The second kappa shape index (κ2) is 7.22. The number of anilines is 1. The minimum absolute atomic E-state index is 0.0861. The van der Waals surface area contributed by atoms with Gasteiger partial charge in [0.05, 0.1) is 4.88 Å². The van der Waals surface area contributed by atoms with Crippen LogP contribution in [-0.4, -0.2) is 20.1 Å². The van der Waals surface area contributed by atoms with Crippen molar-refractivity contribution in [3.8, 4) is 0 Å². The van der Waals surface area contributed by atoms with E-state index >= 15 is 0 Å². The van der Waals surface area contributed by atoms with E-state index in [0.29, 0.717) is 27.3 Å². The molecule has 0 spiro atoms. The predicted molar refractivity (Wildman–Crippen MR) is 93.3 cm³/mol. The van der Waals surface area contributed by atoms with Crippen LogP contribution in [0.3, 0.4) is 0 Å². The molecule has 6 nitrogen and oxygen atoms in total. The Bertz CT molecular complexity index is 835. The van der Waals surface area contributed by atoms with Gasteiger partial charge in [-0.3, -0.25) is 0 Å². The van der Waals surface area contributed by atoms with Crippen molar-refractivity contribution in [3.63, 3.8) is 0 Å². The van der Waals surface area contributed by atoms with Crippen molar-refractivity contribution >= 4 is 57.6 Å². The number of nitrogen functional groups attached to an aromatic ring is 1. The summed E-state index contributed by atoms with van der Waals surface area (Å²) in [6.45, 7) is 0.0861. The highest BCUT2D eigenvalue weighted by atomic mass is 35.5. The molecule has 0 aliphatic rings. The van der Waals surface area contributed by atoms with Crippen molar-refractivity contribution in [2.45, 2.75) is 6.61 Å². The Morgan fingerprint density at radius 2 is 2.22 bits per heavy atom. The number of halogens is 2. The lowest BCUT2D eigenvalue weighted by atomic mass is 10.2. The number of hydrogen-bond acceptors (Lipinski definition) is 8. The number of nitrogens with two attached hydrogens (primary N) is 1. The zero-order valence-electron chi connectivity index (χ0n) is 11.4. The van der Waals surface area contributed by atoms with E-state index in [4.69, 9.17) is 33.8 Å². The Hall–Kier alpha value is -1.74. The van der Waals surface area contributed by atoms with Crippen LogP contribution in [-0.2, 0) is 11.4 Å². The van der Waals surface area contributed by atoms with Gasteiger partial charge in [0.2, 0.25) is 0 Å². The van der Waals surface area contributed by atoms with Gasteiger partial charge in [0.15, 0.2) is 17.6 Å². The van der Waals surface area contributed by atoms with Gasteiger partial charge >= 0.3 is 0 Å². The summed E-state index contributed by atoms with van der Waals surface area (Å²) >= 11 is 14.8. The predicted octanol–water partition coefficient (Wildman–Crippen LogP) is 3.85. The summed E-state index contributed by atoms with van der Waals surface area (Å²) in [6, 6.07) is 3.51. The van der Waals surface area contributed by atoms with E-state index in [1.807, 2.05) is 16.8 Å². The lowest BCUT2D eigenvalue weighted by molar-refractivity contribution is 0.125. The highest BCUT2D eigenvalue weighted by molar-refractivity contribution is 7.10. The number of oxime groups is 1. The molecule has 3 rings (SSSR count). The Labute approximate surface area is 149 Å². The van der Waals surface area contributed by atoms with Crippen LogP contribution in [0.5, 0.6) is 0 Å². The molecule has 0 saturated carbocycles. The third-order valence-corrected chi connectivity index (χ3v) is 5.17. The summed E-state index contributed by atoms with van der Waals surface area (Å²) in [5.41, 5.74) is 7.03. The fraction of sp³-hybridized carbons (Fsp3) is 0.0769. The van der Waals surface area contributed by atoms with Crippen molar-refractivity contribution in [1.82, 2.24) is 14.3 Å². The Morgan fingerprint density at radius 1 is 1.35 bits per heavy atom. The number of thiophene rings is 1. The average Bonchev–Trinajstić information content (AvgIpc) is 3.16. The van der Waals surface area contributed by atoms with Gasteiger partial charge in [-0.05, 0) is 29.0 Å². The zero-order valence-corrected chi connectivity index (χ0v) is 14.6. The molecule has 0 unspecified atom stereocenters. The first kappa shape index (κ1) is 16.1. The van der Waals surface area contributed by atoms with Crippen LogP contribution >= 0.6 is 46.1 Å². The van der Waals surface area contributed by atoms with Crippen LogP contribution in [0, 0.1) is 0 Å². The summed E-state index contributed by atoms with van der Waals surface area (Å²) in [6.07, 6.45) is 1.56. The monoisotopic (exact) mass is 385 g/mol. The van der Waals surface area contributed by atoms with Gasteiger partial charge in [0, 0.05) is 17.1 Å². The Morgan fingerprint density at radius 3 is 2.87 bits per heavy atom. The van der Waals surface area contributed by atoms with Crippen molar-refractivity contribution in [3.05, 3.63) is 55.5 Å². The number of hydrogen-bond donors (Lipinski definition) is 1. The molecule has 0 atom stereocenters. The molecular formula is C13H9Cl2N5OS2. The van der Waals surface area contributed by atoms with Gasteiger partial charge in [-0.2, -0.15) is 15.7 Å². The second-order valence-corrected chi connectivity index (χ2v) is 6.53. The lowest BCUT2D eigenvalue weighted by Gasteiger charge is -2.04. The molecule has 3 aromatic heterocycles. The second-order valence-electron chi connectivity index (χ2n) is 4.24. The standard InChI is InChI=1S/C13H9Cl2N5OS2/c14-10-12(23-20-13(10)15)11(7-2-4-22-6-7)19-21-5-9-17-3-1-8(16)18-9/h1-4,6H,5H2,(H2,16,17,18). The molecule has 0 aromatic carbocycles. The van der Waals surface area contributed by atoms with E-state index < -0.39 is 0 Å². The summed E-state index contributed by atoms with van der Waals surface area (Å²) in [5, 5.41) is 8.63. The molecule has 3 heterocycles. The van der Waals surface area contributed by atoms with E-state index in [1.165, 1.54) is 11.3 Å². The lowest BCUT2D eigenvalue weighted by Crippen LogP contribution is -2.04. The molecule has 0 amide bonds. The fourth-order valence-electron chi connectivity index (χ4n) is 1.67. The third-order valence-electron chi connectivity index (χ3n) is 2.68. The summed E-state index contributed by atoms with van der Waals surface area (Å²) < 4.78 is 4.03. The zero-order chi connectivity index (χ0) is 16.2. The van der Waals surface area contributed by atoms with Gasteiger partial charge in [-0.1, -0.05) is 28.4 Å². The van der Waals surface area contributed by atoms with Gasteiger partial charge in [-0.15, -0.1) is 0 Å². The maximum absolute atomic E-state index is 6.18. The molecule has 118 valence electrons. The number of nitrogens with zero attached hydrogens (tertiary/aromatic N) is 4. The van der Waals surface area contributed by atoms with Crippen molar-refractivity contribution in [1.29, 1.82) is 0 Å². The SMILES string of the molecule is Nc1ccnc(CON=C(c2ccsc2)c2snc(Cl)c2Cl)n1. The van der Waals surface area contributed by atoms with Crippen LogP contribution in [0.1, 0.15) is 16.3 Å². The van der Waals surface area contributed by atoms with E-state index in [-0.39, 0.29) is 11.8 Å². The van der Waals surface area contributed by atoms with Gasteiger partial charge in [-0.25, -0.2) is 9.97 Å². The third kappa shape index (κ3) is 3.78. The maximum Gasteiger partial charge on any atom is 0.176 e. The number of rotatable bonds is 5. The topological polar surface area (TPSA) is 86.3 Å². The van der Waals surface area contributed by atoms with Crippen LogP contribution < -0.4 is 5.73 Å². The minimum Gasteiger partial charge on any atom is -0.387 e. The fourth-order valence-corrected chi connectivity index (χ4v) is 3.53. The number of aromatic nitrogens is 3. The molecule has 10 heteroatoms. The molecule has 0 saturated heterocycles. The quantitative estimate of drug-likeness (QED) is 0.532. The van der Waals surface area contributed by atoms with Gasteiger partial charge in [0.1, 0.15) is 16.6 Å². The summed E-state index contributed by atoms with van der Waals surface area (Å²) in [5.74, 6) is 0.810. The van der Waals surface area contributed by atoms with Crippen molar-refractivity contribution in [2.24, 2.45) is 5.16 Å². The molecule has 0 aliphatic carbocycles. The average molecular weight is 386 g/mol. The Balaban J connectivity index is 1.85. The molecule has 23 heavy (non-hydrogen) atoms. The Kier molecular flexibility index (Phi) is 5.06. The first-order chi connectivity index (χ1) is 11.1. The molecular weight excluding hydrogens is 377 g/mol. The first-order valence-electron chi connectivity index (χ1n) is 6.26. The van der Waals surface area contributed by atoms with Crippen LogP contribution in [0.25, 0.3) is 0 Å². The molecule has 3 aromatic rings. The molecule has 0 fully saturated rings.